The summed E-state index contributed by atoms with van der Waals surface area (Å²) < 4.78 is 23.5. The topological polar surface area (TPSA) is 129 Å². The largest absolute Gasteiger partial charge is 0.489 e. The van der Waals surface area contributed by atoms with E-state index in [1.165, 1.54) is 0 Å². The third-order valence-corrected chi connectivity index (χ3v) is 7.73. The summed E-state index contributed by atoms with van der Waals surface area (Å²) in [5.74, 6) is 0.507. The van der Waals surface area contributed by atoms with Crippen LogP contribution in [-0.2, 0) is 22.7 Å². The fraction of sp³-hybridized carbons (Fsp3) is 0.171. The monoisotopic (exact) mass is 662 g/mol. The number of hydrogen-bond acceptors (Lipinski definition) is 9. The minimum Gasteiger partial charge on any atom is -0.489 e. The van der Waals surface area contributed by atoms with Crippen LogP contribution in [0.1, 0.15) is 35.3 Å². The van der Waals surface area contributed by atoms with Crippen LogP contribution in [0.3, 0.4) is 0 Å². The van der Waals surface area contributed by atoms with Crippen molar-refractivity contribution < 1.29 is 23.7 Å². The first-order valence-corrected chi connectivity index (χ1v) is 15.8. The van der Waals surface area contributed by atoms with Gasteiger partial charge in [-0.1, -0.05) is 78.9 Å². The van der Waals surface area contributed by atoms with Crippen molar-refractivity contribution in [1.29, 1.82) is 15.8 Å². The van der Waals surface area contributed by atoms with E-state index in [1.807, 2.05) is 96.2 Å². The molecule has 3 aromatic rings. The molecule has 3 aromatic carbocycles. The van der Waals surface area contributed by atoms with Gasteiger partial charge in [0.25, 0.3) is 0 Å². The molecule has 50 heavy (non-hydrogen) atoms. The lowest BCUT2D eigenvalue weighted by Gasteiger charge is -2.20. The van der Waals surface area contributed by atoms with Crippen molar-refractivity contribution >= 4 is 5.97 Å². The van der Waals surface area contributed by atoms with Gasteiger partial charge >= 0.3 is 5.97 Å². The minimum absolute atomic E-state index is 0.00420. The first-order valence-electron chi connectivity index (χ1n) is 15.8. The Morgan fingerprint density at radius 2 is 1.44 bits per heavy atom. The zero-order valence-electron chi connectivity index (χ0n) is 27.7. The fourth-order valence-electron chi connectivity index (χ4n) is 5.13. The number of esters is 1. The van der Waals surface area contributed by atoms with Gasteiger partial charge in [0, 0.05) is 24.0 Å². The maximum Gasteiger partial charge on any atom is 0.338 e. The van der Waals surface area contributed by atoms with Crippen LogP contribution in [-0.4, -0.2) is 29.6 Å². The van der Waals surface area contributed by atoms with Gasteiger partial charge in [0.1, 0.15) is 60.7 Å². The van der Waals surface area contributed by atoms with Crippen LogP contribution < -0.4 is 9.47 Å². The van der Waals surface area contributed by atoms with Crippen molar-refractivity contribution in [2.45, 2.75) is 32.7 Å². The normalized spacial score (nSPS) is 14.4. The highest BCUT2D eigenvalue weighted by atomic mass is 16.5. The van der Waals surface area contributed by atoms with Crippen LogP contribution in [0.25, 0.3) is 0 Å². The van der Waals surface area contributed by atoms with Gasteiger partial charge in [-0.15, -0.1) is 0 Å². The van der Waals surface area contributed by atoms with Gasteiger partial charge in [0.15, 0.2) is 11.3 Å². The van der Waals surface area contributed by atoms with Gasteiger partial charge in [0.2, 0.25) is 0 Å². The van der Waals surface area contributed by atoms with Crippen molar-refractivity contribution in [1.82, 2.24) is 4.90 Å². The van der Waals surface area contributed by atoms with E-state index in [2.05, 4.69) is 6.07 Å². The van der Waals surface area contributed by atoms with Crippen molar-refractivity contribution in [2.24, 2.45) is 0 Å². The third-order valence-electron chi connectivity index (χ3n) is 7.73. The van der Waals surface area contributed by atoms with Crippen molar-refractivity contribution in [3.8, 4) is 29.7 Å². The molecule has 2 heterocycles. The Hall–Kier alpha value is -6.76. The van der Waals surface area contributed by atoms with E-state index >= 15 is 0 Å². The van der Waals surface area contributed by atoms with Crippen LogP contribution >= 0.6 is 0 Å². The van der Waals surface area contributed by atoms with Crippen molar-refractivity contribution in [2.75, 3.05) is 13.2 Å². The Kier molecular flexibility index (Phi) is 11.3. The summed E-state index contributed by atoms with van der Waals surface area (Å²) in [5, 5.41) is 28.2. The third kappa shape index (κ3) is 8.98. The number of rotatable bonds is 12. The first-order chi connectivity index (χ1) is 24.3. The van der Waals surface area contributed by atoms with E-state index in [9.17, 15) is 20.6 Å². The quantitative estimate of drug-likeness (QED) is 0.141. The molecule has 0 fully saturated rings. The lowest BCUT2D eigenvalue weighted by Crippen LogP contribution is -2.20. The number of allylic oxidation sites excluding steroid dienone is 7. The molecule has 0 unspecified atom stereocenters. The summed E-state index contributed by atoms with van der Waals surface area (Å²) in [5.41, 5.74) is 2.84. The van der Waals surface area contributed by atoms with Gasteiger partial charge in [-0.25, -0.2) is 4.79 Å². The zero-order valence-corrected chi connectivity index (χ0v) is 27.7. The molecule has 0 aromatic heterocycles. The number of carbonyl (C=O) groups is 1. The molecule has 0 radical (unpaired) electrons. The predicted octanol–water partition coefficient (Wildman–Crippen LogP) is 7.76. The molecule has 0 N–H and O–H groups in total. The Morgan fingerprint density at radius 3 is 1.98 bits per heavy atom. The lowest BCUT2D eigenvalue weighted by atomic mass is 9.94. The van der Waals surface area contributed by atoms with Gasteiger partial charge in [-0.2, -0.15) is 15.8 Å². The highest BCUT2D eigenvalue weighted by molar-refractivity contribution is 5.90. The van der Waals surface area contributed by atoms with E-state index in [1.54, 1.807) is 56.3 Å². The summed E-state index contributed by atoms with van der Waals surface area (Å²) in [7, 11) is 0. The van der Waals surface area contributed by atoms with Crippen molar-refractivity contribution in [3.63, 3.8) is 0 Å². The fourth-order valence-corrected chi connectivity index (χ4v) is 5.13. The Balaban J connectivity index is 1.18. The molecule has 9 heteroatoms. The molecule has 0 aliphatic carbocycles. The molecule has 0 saturated heterocycles. The molecule has 248 valence electrons. The molecule has 2 aliphatic heterocycles. The number of hydrogen-bond donors (Lipinski definition) is 0. The summed E-state index contributed by atoms with van der Waals surface area (Å²) in [6.07, 6.45) is 13.0. The molecule has 0 spiro atoms. The number of carbonyl (C=O) groups excluding carboxylic acids is 1. The second-order valence-corrected chi connectivity index (χ2v) is 11.7. The first kappa shape index (κ1) is 34.6. The highest BCUT2D eigenvalue weighted by Gasteiger charge is 2.38. The van der Waals surface area contributed by atoms with E-state index < -0.39 is 11.6 Å². The number of nitrogens with zero attached hydrogens (tertiary/aromatic N) is 4. The highest BCUT2D eigenvalue weighted by Crippen LogP contribution is 2.40. The maximum atomic E-state index is 13.1. The molecule has 2 aliphatic rings. The molecule has 0 amide bonds. The minimum atomic E-state index is -0.881. The van der Waals surface area contributed by atoms with Crippen molar-refractivity contribution in [3.05, 3.63) is 166 Å². The van der Waals surface area contributed by atoms with Gasteiger partial charge in [0.05, 0.1) is 12.1 Å². The maximum absolute atomic E-state index is 13.1. The smallest absolute Gasteiger partial charge is 0.338 e. The summed E-state index contributed by atoms with van der Waals surface area (Å²) >= 11 is 0. The van der Waals surface area contributed by atoms with Crippen LogP contribution in [0, 0.1) is 34.0 Å². The summed E-state index contributed by atoms with van der Waals surface area (Å²) in [4.78, 5) is 15.0. The molecule has 0 bridgehead atoms. The molecular formula is C41H34N4O5. The molecular weight excluding hydrogens is 628 g/mol. The van der Waals surface area contributed by atoms with Gasteiger partial charge < -0.3 is 23.8 Å². The Labute approximate surface area is 291 Å². The van der Waals surface area contributed by atoms with E-state index in [4.69, 9.17) is 18.9 Å². The van der Waals surface area contributed by atoms with E-state index in [-0.39, 0.29) is 23.5 Å². The average Bonchev–Trinajstić information content (AvgIpc) is 3.40. The SMILES string of the molecule is CC1(C)OC(=C(C#N)C#N)C(C#N)=C1/C=C/C=C1C=CN(CCOC(=O)c2cc(OCc3ccccc3)cc(OCc3ccccc3)c2)C=C1. The average molecular weight is 663 g/mol. The lowest BCUT2D eigenvalue weighted by molar-refractivity contribution is 0.0490. The summed E-state index contributed by atoms with van der Waals surface area (Å²) in [6, 6.07) is 30.3. The number of benzene rings is 3. The number of ether oxygens (including phenoxy) is 4. The van der Waals surface area contributed by atoms with Crippen LogP contribution in [0.2, 0.25) is 0 Å². The van der Waals surface area contributed by atoms with Crippen LogP contribution in [0.5, 0.6) is 11.5 Å². The van der Waals surface area contributed by atoms with Gasteiger partial charge in [-0.3, -0.25) is 0 Å². The second-order valence-electron chi connectivity index (χ2n) is 11.7. The van der Waals surface area contributed by atoms with Gasteiger partial charge in [-0.05, 0) is 54.8 Å². The molecule has 5 rings (SSSR count). The molecule has 0 saturated carbocycles. The van der Waals surface area contributed by atoms with Crippen LogP contribution in [0.4, 0.5) is 0 Å². The second kappa shape index (κ2) is 16.4. The number of nitriles is 3. The zero-order chi connectivity index (χ0) is 35.3. The Bertz CT molecular complexity index is 1940. The molecule has 0 atom stereocenters. The summed E-state index contributed by atoms with van der Waals surface area (Å²) in [6.45, 7) is 4.81. The standard InChI is InChI=1S/C41H34N4O5/c1-41(2)38(37(27-44)39(50-41)34(25-42)26-43)15-9-14-30-16-18-45(19-17-30)20-21-47-40(46)33-22-35(48-28-31-10-5-3-6-11-31)24-36(23-33)49-29-32-12-7-4-8-13-32/h3-19,22-24H,20-21,28-29H2,1-2H3/b15-9+. The predicted molar refractivity (Wildman–Crippen MR) is 187 cm³/mol. The molecule has 9 nitrogen and oxygen atoms in total. The van der Waals surface area contributed by atoms with E-state index in [0.717, 1.165) is 16.7 Å². The van der Waals surface area contributed by atoms with E-state index in [0.29, 0.717) is 42.4 Å². The Morgan fingerprint density at radius 1 is 0.860 bits per heavy atom. The van der Waals surface area contributed by atoms with Crippen LogP contribution in [0.15, 0.2) is 150 Å².